The van der Waals surface area contributed by atoms with E-state index in [0.29, 0.717) is 23.0 Å². The maximum absolute atomic E-state index is 11.9. The number of benzene rings is 1. The molecule has 1 amide bonds. The van der Waals surface area contributed by atoms with Crippen molar-refractivity contribution < 1.29 is 4.79 Å². The molecule has 3 nitrogen and oxygen atoms in total. The van der Waals surface area contributed by atoms with Crippen molar-refractivity contribution in [1.29, 1.82) is 0 Å². The molecule has 5 heteroatoms. The van der Waals surface area contributed by atoms with E-state index in [1.54, 1.807) is 6.07 Å². The van der Waals surface area contributed by atoms with Crippen molar-refractivity contribution in [3.8, 4) is 0 Å². The predicted octanol–water partition coefficient (Wildman–Crippen LogP) is 3.43. The monoisotopic (exact) mass is 330 g/mol. The van der Waals surface area contributed by atoms with Gasteiger partial charge in [-0.1, -0.05) is 27.5 Å². The minimum Gasteiger partial charge on any atom is -0.325 e. The lowest BCUT2D eigenvalue weighted by atomic mass is 9.96. The molecule has 2 N–H and O–H groups in total. The number of carbonyl (C=O) groups excluding carboxylic acids is 1. The molecule has 1 fully saturated rings. The molecule has 1 unspecified atom stereocenters. The summed E-state index contributed by atoms with van der Waals surface area (Å²) in [6.45, 7) is 2.00. The van der Waals surface area contributed by atoms with E-state index in [2.05, 4.69) is 26.6 Å². The van der Waals surface area contributed by atoms with Crippen LogP contribution in [0.1, 0.15) is 19.3 Å². The van der Waals surface area contributed by atoms with Crippen LogP contribution in [0.15, 0.2) is 22.7 Å². The van der Waals surface area contributed by atoms with Gasteiger partial charge < -0.3 is 10.6 Å². The fourth-order valence-electron chi connectivity index (χ4n) is 2.15. The second kappa shape index (κ2) is 6.55. The highest BCUT2D eigenvalue weighted by Crippen LogP contribution is 2.26. The molecule has 98 valence electrons. The minimum atomic E-state index is 0.0312. The minimum absolute atomic E-state index is 0.0312. The van der Waals surface area contributed by atoms with Crippen molar-refractivity contribution in [3.05, 3.63) is 27.7 Å². The van der Waals surface area contributed by atoms with E-state index in [4.69, 9.17) is 11.6 Å². The highest BCUT2D eigenvalue weighted by Gasteiger charge is 2.17. The summed E-state index contributed by atoms with van der Waals surface area (Å²) in [7, 11) is 0. The molecule has 1 aliphatic heterocycles. The molecule has 1 saturated heterocycles. The van der Waals surface area contributed by atoms with Crippen LogP contribution in [-0.2, 0) is 4.79 Å². The van der Waals surface area contributed by atoms with Crippen LogP contribution in [0.5, 0.6) is 0 Å². The van der Waals surface area contributed by atoms with E-state index >= 15 is 0 Å². The summed E-state index contributed by atoms with van der Waals surface area (Å²) in [4.78, 5) is 11.9. The molecule has 0 saturated carbocycles. The molecule has 1 aromatic rings. The maximum atomic E-state index is 11.9. The Kier molecular flexibility index (Phi) is 5.03. The average Bonchev–Trinajstić information content (AvgIpc) is 2.35. The van der Waals surface area contributed by atoms with E-state index < -0.39 is 0 Å². The van der Waals surface area contributed by atoms with Crippen LogP contribution < -0.4 is 10.6 Å². The normalized spacial score (nSPS) is 19.6. The molecule has 1 aliphatic rings. The third-order valence-corrected chi connectivity index (χ3v) is 3.90. The lowest BCUT2D eigenvalue weighted by molar-refractivity contribution is -0.117. The van der Waals surface area contributed by atoms with Gasteiger partial charge in [-0.25, -0.2) is 0 Å². The lowest BCUT2D eigenvalue weighted by Gasteiger charge is -2.22. The first-order valence-corrected chi connectivity index (χ1v) is 7.28. The summed E-state index contributed by atoms with van der Waals surface area (Å²) in [5, 5.41) is 6.74. The second-order valence-corrected chi connectivity index (χ2v) is 5.91. The molecule has 1 aromatic carbocycles. The highest BCUT2D eigenvalue weighted by atomic mass is 79.9. The topological polar surface area (TPSA) is 41.1 Å². The third kappa shape index (κ3) is 3.97. The SMILES string of the molecule is O=C(CC1CCCNC1)Nc1cc(Br)ccc1Cl. The Labute approximate surface area is 120 Å². The standard InChI is InChI=1S/C13H16BrClN2O/c14-10-3-4-11(15)12(7-10)17-13(18)6-9-2-1-5-16-8-9/h3-4,7,9,16H,1-2,5-6,8H2,(H,17,18). The van der Waals surface area contributed by atoms with Crippen molar-refractivity contribution in [2.75, 3.05) is 18.4 Å². The van der Waals surface area contributed by atoms with E-state index in [0.717, 1.165) is 30.4 Å². The number of hydrogen-bond donors (Lipinski definition) is 2. The summed E-state index contributed by atoms with van der Waals surface area (Å²) < 4.78 is 0.904. The summed E-state index contributed by atoms with van der Waals surface area (Å²) >= 11 is 9.40. The number of hydrogen-bond acceptors (Lipinski definition) is 2. The fraction of sp³-hybridized carbons (Fsp3) is 0.462. The number of amides is 1. The van der Waals surface area contributed by atoms with Gasteiger partial charge in [0.2, 0.25) is 5.91 Å². The molecule has 1 heterocycles. The van der Waals surface area contributed by atoms with Gasteiger partial charge in [0.1, 0.15) is 0 Å². The van der Waals surface area contributed by atoms with E-state index in [1.165, 1.54) is 0 Å². The highest BCUT2D eigenvalue weighted by molar-refractivity contribution is 9.10. The molecular formula is C13H16BrClN2O. The zero-order valence-corrected chi connectivity index (χ0v) is 12.4. The summed E-state index contributed by atoms with van der Waals surface area (Å²) in [6.07, 6.45) is 2.82. The van der Waals surface area contributed by atoms with E-state index in [-0.39, 0.29) is 5.91 Å². The van der Waals surface area contributed by atoms with Gasteiger partial charge in [0.25, 0.3) is 0 Å². The van der Waals surface area contributed by atoms with Gasteiger partial charge in [-0.15, -0.1) is 0 Å². The Balaban J connectivity index is 1.92. The van der Waals surface area contributed by atoms with Crippen molar-refractivity contribution in [3.63, 3.8) is 0 Å². The molecule has 0 spiro atoms. The van der Waals surface area contributed by atoms with Crippen LogP contribution in [0.25, 0.3) is 0 Å². The Hall–Kier alpha value is -0.580. The third-order valence-electron chi connectivity index (χ3n) is 3.08. The van der Waals surface area contributed by atoms with Crippen LogP contribution in [0.2, 0.25) is 5.02 Å². The van der Waals surface area contributed by atoms with E-state index in [1.807, 2.05) is 12.1 Å². The quantitative estimate of drug-likeness (QED) is 0.891. The van der Waals surface area contributed by atoms with Gasteiger partial charge in [-0.3, -0.25) is 4.79 Å². The largest absolute Gasteiger partial charge is 0.325 e. The van der Waals surface area contributed by atoms with Crippen molar-refractivity contribution in [2.45, 2.75) is 19.3 Å². The Morgan fingerprint density at radius 2 is 2.39 bits per heavy atom. The van der Waals surface area contributed by atoms with Gasteiger partial charge >= 0.3 is 0 Å². The van der Waals surface area contributed by atoms with Gasteiger partial charge in [-0.05, 0) is 50.0 Å². The molecule has 2 rings (SSSR count). The van der Waals surface area contributed by atoms with Crippen LogP contribution in [-0.4, -0.2) is 19.0 Å². The van der Waals surface area contributed by atoms with Crippen LogP contribution in [0.4, 0.5) is 5.69 Å². The zero-order valence-electron chi connectivity index (χ0n) is 10.0. The van der Waals surface area contributed by atoms with Gasteiger partial charge in [0.15, 0.2) is 0 Å². The Morgan fingerprint density at radius 3 is 3.11 bits per heavy atom. The average molecular weight is 332 g/mol. The van der Waals surface area contributed by atoms with Crippen LogP contribution in [0.3, 0.4) is 0 Å². The Morgan fingerprint density at radius 1 is 1.56 bits per heavy atom. The number of piperidine rings is 1. The van der Waals surface area contributed by atoms with Gasteiger partial charge in [0.05, 0.1) is 10.7 Å². The number of carbonyl (C=O) groups is 1. The number of nitrogens with one attached hydrogen (secondary N) is 2. The molecule has 0 aliphatic carbocycles. The van der Waals surface area contributed by atoms with E-state index in [9.17, 15) is 4.79 Å². The van der Waals surface area contributed by atoms with Crippen molar-refractivity contribution >= 4 is 39.1 Å². The number of rotatable bonds is 3. The summed E-state index contributed by atoms with van der Waals surface area (Å²) in [5.41, 5.74) is 0.666. The number of anilines is 1. The summed E-state index contributed by atoms with van der Waals surface area (Å²) in [5.74, 6) is 0.466. The summed E-state index contributed by atoms with van der Waals surface area (Å²) in [6, 6.07) is 5.44. The molecule has 0 radical (unpaired) electrons. The molecule has 0 aromatic heterocycles. The van der Waals surface area contributed by atoms with Gasteiger partial charge in [-0.2, -0.15) is 0 Å². The van der Waals surface area contributed by atoms with Crippen LogP contribution in [0, 0.1) is 5.92 Å². The zero-order chi connectivity index (χ0) is 13.0. The first-order valence-electron chi connectivity index (χ1n) is 6.11. The van der Waals surface area contributed by atoms with Crippen LogP contribution >= 0.6 is 27.5 Å². The first kappa shape index (κ1) is 13.8. The number of halogens is 2. The molecule has 18 heavy (non-hydrogen) atoms. The van der Waals surface area contributed by atoms with Gasteiger partial charge in [0, 0.05) is 10.9 Å². The molecule has 1 atom stereocenters. The molecular weight excluding hydrogens is 316 g/mol. The maximum Gasteiger partial charge on any atom is 0.224 e. The second-order valence-electron chi connectivity index (χ2n) is 4.59. The molecule has 0 bridgehead atoms. The smallest absolute Gasteiger partial charge is 0.224 e. The lowest BCUT2D eigenvalue weighted by Crippen LogP contribution is -2.32. The predicted molar refractivity (Wildman–Crippen MR) is 78.0 cm³/mol. The van der Waals surface area contributed by atoms with Crippen molar-refractivity contribution in [1.82, 2.24) is 5.32 Å². The Bertz CT molecular complexity index is 433. The fourth-order valence-corrected chi connectivity index (χ4v) is 2.68. The first-order chi connectivity index (χ1) is 8.65. The van der Waals surface area contributed by atoms with Crippen molar-refractivity contribution in [2.24, 2.45) is 5.92 Å².